The number of halogens is 1. The Kier molecular flexibility index (Phi) is 5.55. The van der Waals surface area contributed by atoms with Gasteiger partial charge in [-0.25, -0.2) is 4.39 Å². The number of carbonyl (C=O) groups excluding carboxylic acids is 1. The Morgan fingerprint density at radius 2 is 1.66 bits per heavy atom. The topological polar surface area (TPSA) is 78.7 Å². The van der Waals surface area contributed by atoms with Crippen molar-refractivity contribution in [1.29, 1.82) is 0 Å². The van der Waals surface area contributed by atoms with Crippen molar-refractivity contribution in [2.24, 2.45) is 28.6 Å². The molecule has 4 bridgehead atoms. The fourth-order valence-electron chi connectivity index (χ4n) is 7.78. The van der Waals surface area contributed by atoms with E-state index in [0.717, 1.165) is 58.2 Å². The van der Waals surface area contributed by atoms with Gasteiger partial charge in [-0.3, -0.25) is 4.79 Å². The zero-order chi connectivity index (χ0) is 26.1. The van der Waals surface area contributed by atoms with Crippen LogP contribution in [0.5, 0.6) is 5.75 Å². The molecular formula is C30H30FNO5S. The Labute approximate surface area is 224 Å². The molecule has 8 heteroatoms. The third kappa shape index (κ3) is 4.17. The van der Waals surface area contributed by atoms with Crippen LogP contribution in [-0.2, 0) is 4.84 Å². The van der Waals surface area contributed by atoms with Crippen molar-refractivity contribution in [2.75, 3.05) is 13.2 Å². The summed E-state index contributed by atoms with van der Waals surface area (Å²) in [5.74, 6) is 2.64. The Bertz CT molecular complexity index is 1390. The van der Waals surface area contributed by atoms with E-state index in [-0.39, 0.29) is 29.0 Å². The van der Waals surface area contributed by atoms with Crippen LogP contribution < -0.4 is 4.74 Å². The molecule has 0 aliphatic heterocycles. The molecule has 0 radical (unpaired) electrons. The molecular weight excluding hydrogens is 505 g/mol. The van der Waals surface area contributed by atoms with Crippen LogP contribution in [-0.4, -0.2) is 24.1 Å². The minimum absolute atomic E-state index is 0.0413. The quantitative estimate of drug-likeness (QED) is 0.161. The maximum atomic E-state index is 14.5. The largest absolute Gasteiger partial charge is 0.493 e. The molecule has 5 saturated carbocycles. The summed E-state index contributed by atoms with van der Waals surface area (Å²) in [4.78, 5) is 30.7. The van der Waals surface area contributed by atoms with Gasteiger partial charge in [0.1, 0.15) is 18.2 Å². The highest BCUT2D eigenvalue weighted by atomic mass is 32.1. The highest BCUT2D eigenvalue weighted by Crippen LogP contribution is 2.62. The maximum Gasteiger partial charge on any atom is 0.294 e. The van der Waals surface area contributed by atoms with Gasteiger partial charge in [0.15, 0.2) is 5.78 Å². The second kappa shape index (κ2) is 8.76. The summed E-state index contributed by atoms with van der Waals surface area (Å²) in [5, 5.41) is 10.8. The van der Waals surface area contributed by atoms with Crippen molar-refractivity contribution in [3.63, 3.8) is 0 Å². The second-order valence-corrected chi connectivity index (χ2v) is 13.3. The monoisotopic (exact) mass is 535 g/mol. The van der Waals surface area contributed by atoms with E-state index < -0.39 is 5.09 Å². The standard InChI is InChI=1S/C30H30FNO5S/c31-22-3-1-21(2-4-22)27-26(28(33)30-13-18-9-19(14-30)11-20(10-18)15-30)24-6-5-23(12-25(24)38-27)36-16-29(7-8-29)17-37-32(34)35/h1-6,12,18-20H,7-11,13-17H2. The molecule has 198 valence electrons. The Hall–Kier alpha value is -3.00. The number of hydrogen-bond donors (Lipinski definition) is 0. The van der Waals surface area contributed by atoms with Gasteiger partial charge in [0.25, 0.3) is 5.09 Å². The fourth-order valence-corrected chi connectivity index (χ4v) is 9.02. The van der Waals surface area contributed by atoms with Gasteiger partial charge in [-0.15, -0.1) is 21.5 Å². The number of nitrogens with zero attached hydrogens (tertiary/aromatic N) is 1. The van der Waals surface area contributed by atoms with Crippen molar-refractivity contribution in [1.82, 2.24) is 0 Å². The number of carbonyl (C=O) groups is 1. The number of ether oxygens (including phenoxy) is 1. The van der Waals surface area contributed by atoms with Crippen LogP contribution in [0.15, 0.2) is 42.5 Å². The van der Waals surface area contributed by atoms with Crippen LogP contribution >= 0.6 is 11.3 Å². The molecule has 3 aromatic rings. The summed E-state index contributed by atoms with van der Waals surface area (Å²) < 4.78 is 20.8. The first-order chi connectivity index (χ1) is 18.3. The lowest BCUT2D eigenvalue weighted by molar-refractivity contribution is -0.760. The zero-order valence-electron chi connectivity index (χ0n) is 21.1. The van der Waals surface area contributed by atoms with E-state index in [1.807, 2.05) is 18.2 Å². The van der Waals surface area contributed by atoms with Gasteiger partial charge in [-0.2, -0.15) is 0 Å². The van der Waals surface area contributed by atoms with Gasteiger partial charge >= 0.3 is 0 Å². The van der Waals surface area contributed by atoms with E-state index in [9.17, 15) is 19.3 Å². The van der Waals surface area contributed by atoms with Crippen LogP contribution in [0.25, 0.3) is 20.5 Å². The van der Waals surface area contributed by atoms with Crippen LogP contribution in [0.4, 0.5) is 4.39 Å². The molecule has 1 heterocycles. The van der Waals surface area contributed by atoms with Gasteiger partial charge in [0.05, 0.1) is 6.61 Å². The van der Waals surface area contributed by atoms with E-state index in [1.165, 1.54) is 31.4 Å². The summed E-state index contributed by atoms with van der Waals surface area (Å²) >= 11 is 1.56. The first-order valence-electron chi connectivity index (χ1n) is 13.6. The molecule has 2 aromatic carbocycles. The first kappa shape index (κ1) is 24.1. The number of rotatable bonds is 9. The third-order valence-electron chi connectivity index (χ3n) is 9.49. The van der Waals surface area contributed by atoms with E-state index in [0.29, 0.717) is 30.1 Å². The Morgan fingerprint density at radius 1 is 1.00 bits per heavy atom. The van der Waals surface area contributed by atoms with Gasteiger partial charge in [0, 0.05) is 31.4 Å². The molecule has 0 spiro atoms. The number of thiophene rings is 1. The molecule has 0 amide bonds. The summed E-state index contributed by atoms with van der Waals surface area (Å²) in [6.07, 6.45) is 8.47. The average molecular weight is 536 g/mol. The van der Waals surface area contributed by atoms with Crippen molar-refractivity contribution in [3.05, 3.63) is 64.0 Å². The molecule has 0 N–H and O–H groups in total. The zero-order valence-corrected chi connectivity index (χ0v) is 21.9. The van der Waals surface area contributed by atoms with Crippen molar-refractivity contribution >= 4 is 27.2 Å². The average Bonchev–Trinajstić information content (AvgIpc) is 3.57. The molecule has 0 saturated heterocycles. The van der Waals surface area contributed by atoms with Crippen molar-refractivity contribution < 1.29 is 23.8 Å². The molecule has 6 nitrogen and oxygen atoms in total. The van der Waals surface area contributed by atoms with Gasteiger partial charge in [-0.1, -0.05) is 12.1 Å². The second-order valence-electron chi connectivity index (χ2n) is 12.3. The van der Waals surface area contributed by atoms with Crippen LogP contribution in [0, 0.1) is 44.5 Å². The van der Waals surface area contributed by atoms with Gasteiger partial charge in [0.2, 0.25) is 0 Å². The van der Waals surface area contributed by atoms with Crippen LogP contribution in [0.3, 0.4) is 0 Å². The lowest BCUT2D eigenvalue weighted by atomic mass is 9.48. The van der Waals surface area contributed by atoms with E-state index in [1.54, 1.807) is 23.5 Å². The predicted octanol–water partition coefficient (Wildman–Crippen LogP) is 7.47. The molecule has 0 unspecified atom stereocenters. The fraction of sp³-hybridized carbons (Fsp3) is 0.500. The molecule has 5 aliphatic rings. The number of Topliss-reactive ketones (excluding diaryl/α,β-unsaturated/α-hetero) is 1. The molecule has 8 rings (SSSR count). The van der Waals surface area contributed by atoms with Crippen molar-refractivity contribution in [3.8, 4) is 16.2 Å². The van der Waals surface area contributed by atoms with Crippen LogP contribution in [0.2, 0.25) is 0 Å². The molecule has 38 heavy (non-hydrogen) atoms. The summed E-state index contributed by atoms with van der Waals surface area (Å²) in [6.45, 7) is 0.390. The first-order valence-corrected chi connectivity index (χ1v) is 14.4. The van der Waals surface area contributed by atoms with Gasteiger partial charge in [-0.05, 0) is 105 Å². The lowest BCUT2D eigenvalue weighted by Crippen LogP contribution is -2.50. The number of benzene rings is 2. The normalized spacial score (nSPS) is 28.4. The lowest BCUT2D eigenvalue weighted by Gasteiger charge is -2.56. The minimum atomic E-state index is -0.753. The summed E-state index contributed by atoms with van der Waals surface area (Å²) in [6, 6.07) is 12.3. The van der Waals surface area contributed by atoms with Gasteiger partial charge < -0.3 is 9.57 Å². The summed E-state index contributed by atoms with van der Waals surface area (Å²) in [5.41, 5.74) is 1.05. The minimum Gasteiger partial charge on any atom is -0.493 e. The van der Waals surface area contributed by atoms with E-state index >= 15 is 0 Å². The highest BCUT2D eigenvalue weighted by Gasteiger charge is 2.55. The SMILES string of the molecule is O=C(c1c(-c2ccc(F)cc2)sc2cc(OCC3(CO[N+](=O)[O-])CC3)ccc12)C12CC3CC(CC(C3)C1)C2. The Morgan fingerprint density at radius 3 is 2.26 bits per heavy atom. The Balaban J connectivity index is 1.24. The van der Waals surface area contributed by atoms with E-state index in [2.05, 4.69) is 4.84 Å². The maximum absolute atomic E-state index is 14.5. The van der Waals surface area contributed by atoms with Crippen LogP contribution in [0.1, 0.15) is 61.7 Å². The predicted molar refractivity (Wildman–Crippen MR) is 142 cm³/mol. The molecule has 1 aromatic heterocycles. The number of ketones is 1. The van der Waals surface area contributed by atoms with E-state index in [4.69, 9.17) is 4.74 Å². The number of hydrogen-bond acceptors (Lipinski definition) is 6. The number of fused-ring (bicyclic) bond motifs is 1. The third-order valence-corrected chi connectivity index (χ3v) is 10.7. The van der Waals surface area contributed by atoms with Crippen molar-refractivity contribution in [2.45, 2.75) is 51.4 Å². The highest BCUT2D eigenvalue weighted by molar-refractivity contribution is 7.22. The molecule has 0 atom stereocenters. The molecule has 5 aliphatic carbocycles. The summed E-state index contributed by atoms with van der Waals surface area (Å²) in [7, 11) is 0. The smallest absolute Gasteiger partial charge is 0.294 e. The molecule has 5 fully saturated rings.